The van der Waals surface area contributed by atoms with Crippen LogP contribution in [0.5, 0.6) is 0 Å². The second-order valence-electron chi connectivity index (χ2n) is 8.87. The van der Waals surface area contributed by atoms with Crippen LogP contribution in [0.4, 0.5) is 0 Å². The average molecular weight is 429 g/mol. The molecule has 5 heteroatoms. The van der Waals surface area contributed by atoms with Gasteiger partial charge in [-0.05, 0) is 47.2 Å². The lowest BCUT2D eigenvalue weighted by Gasteiger charge is -2.29. The zero-order valence-electron chi connectivity index (χ0n) is 18.1. The predicted octanol–water partition coefficient (Wildman–Crippen LogP) is 3.98. The van der Waals surface area contributed by atoms with Gasteiger partial charge in [-0.25, -0.2) is 0 Å². The predicted molar refractivity (Wildman–Crippen MR) is 124 cm³/mol. The molecule has 2 aliphatic rings. The Kier molecular flexibility index (Phi) is 5.33. The first-order valence-corrected chi connectivity index (χ1v) is 11.1. The molecule has 1 saturated heterocycles. The Balaban J connectivity index is 1.45. The van der Waals surface area contributed by atoms with Crippen LogP contribution in [0.2, 0.25) is 0 Å². The first-order chi connectivity index (χ1) is 15.5. The highest BCUT2D eigenvalue weighted by Gasteiger charge is 2.66. The molecule has 0 bridgehead atoms. The maximum absolute atomic E-state index is 13.7. The number of hydrogen-bond acceptors (Lipinski definition) is 4. The monoisotopic (exact) mass is 428 g/mol. The van der Waals surface area contributed by atoms with Gasteiger partial charge in [0.05, 0.1) is 18.1 Å². The van der Waals surface area contributed by atoms with Crippen molar-refractivity contribution in [2.24, 2.45) is 5.73 Å². The smallest absolute Gasteiger partial charge is 0.240 e. The van der Waals surface area contributed by atoms with Gasteiger partial charge in [-0.3, -0.25) is 9.69 Å². The minimum Gasteiger partial charge on any atom is -0.351 e. The Morgan fingerprint density at radius 1 is 1.09 bits per heavy atom. The summed E-state index contributed by atoms with van der Waals surface area (Å²) in [7, 11) is 0. The van der Waals surface area contributed by atoms with E-state index < -0.39 is 17.9 Å². The van der Waals surface area contributed by atoms with Crippen LogP contribution in [0.1, 0.15) is 41.9 Å². The summed E-state index contributed by atoms with van der Waals surface area (Å²) in [5, 5.41) is 10.6. The van der Waals surface area contributed by atoms with Gasteiger partial charge in [-0.15, -0.1) is 0 Å². The van der Waals surface area contributed by atoms with E-state index in [1.807, 2.05) is 61.5 Å². The molecule has 1 saturated carbocycles. The van der Waals surface area contributed by atoms with E-state index in [4.69, 9.17) is 10.5 Å². The summed E-state index contributed by atoms with van der Waals surface area (Å²) >= 11 is 0. The third kappa shape index (κ3) is 3.52. The number of carbonyl (C=O) groups is 1. The van der Waals surface area contributed by atoms with Gasteiger partial charge >= 0.3 is 0 Å². The lowest BCUT2D eigenvalue weighted by atomic mass is 9.92. The Morgan fingerprint density at radius 2 is 1.78 bits per heavy atom. The number of nitrogens with two attached hydrogens (primary N) is 1. The Labute approximate surface area is 188 Å². The molecule has 1 amide bonds. The summed E-state index contributed by atoms with van der Waals surface area (Å²) in [5.41, 5.74) is 10.6. The summed E-state index contributed by atoms with van der Waals surface area (Å²) in [6.45, 7) is 2.64. The van der Waals surface area contributed by atoms with Crippen molar-refractivity contribution in [2.45, 2.75) is 43.7 Å². The number of ether oxygens (including phenoxy) is 1. The number of aliphatic hydroxyl groups is 1. The number of carbonyl (C=O) groups excluding carboxylic acids is 1. The second kappa shape index (κ2) is 8.17. The molecule has 32 heavy (non-hydrogen) atoms. The summed E-state index contributed by atoms with van der Waals surface area (Å²) in [6.07, 6.45) is -0.421. The minimum absolute atomic E-state index is 0.124. The molecular formula is C27H28N2O3. The standard InChI is InChI=1S/C27H28N2O3/c1-18(22-12-19(16-28)13-23(14-22)20-8-4-2-5-9-20)25(30)29-26(31)32-17-27(29)15-24(27)21-10-6-3-7-11-21/h2-14,18,24,26,31H,15-17,28H2,1H3/t18-,24-,26?,27?/m1/s1. The van der Waals surface area contributed by atoms with Crippen molar-refractivity contribution in [3.8, 4) is 11.1 Å². The van der Waals surface area contributed by atoms with Gasteiger partial charge in [0, 0.05) is 12.5 Å². The highest BCUT2D eigenvalue weighted by Crippen LogP contribution is 2.59. The molecule has 1 heterocycles. The maximum Gasteiger partial charge on any atom is 0.240 e. The van der Waals surface area contributed by atoms with Gasteiger partial charge < -0.3 is 15.6 Å². The van der Waals surface area contributed by atoms with E-state index in [9.17, 15) is 9.90 Å². The SMILES string of the molecule is C[C@@H](C(=O)N1C(O)OCC12C[C@@H]2c1ccccc1)c1cc(CN)cc(-c2ccccc2)c1. The second-order valence-corrected chi connectivity index (χ2v) is 8.87. The molecule has 1 aliphatic heterocycles. The summed E-state index contributed by atoms with van der Waals surface area (Å²) < 4.78 is 5.58. The fourth-order valence-electron chi connectivity index (χ4n) is 4.98. The molecule has 164 valence electrons. The van der Waals surface area contributed by atoms with E-state index in [-0.39, 0.29) is 11.8 Å². The number of rotatable bonds is 5. The van der Waals surface area contributed by atoms with Crippen LogP contribution in [0.3, 0.4) is 0 Å². The van der Waals surface area contributed by atoms with E-state index in [1.165, 1.54) is 5.56 Å². The van der Waals surface area contributed by atoms with Crippen LogP contribution in [0.25, 0.3) is 11.1 Å². The highest BCUT2D eigenvalue weighted by atomic mass is 16.6. The third-order valence-electron chi connectivity index (χ3n) is 6.90. The van der Waals surface area contributed by atoms with Gasteiger partial charge in [0.2, 0.25) is 12.3 Å². The Morgan fingerprint density at radius 3 is 2.47 bits per heavy atom. The van der Waals surface area contributed by atoms with E-state index >= 15 is 0 Å². The molecule has 3 N–H and O–H groups in total. The third-order valence-corrected chi connectivity index (χ3v) is 6.90. The fourth-order valence-corrected chi connectivity index (χ4v) is 4.98. The molecule has 5 rings (SSSR count). The molecule has 2 unspecified atom stereocenters. The molecule has 3 aromatic carbocycles. The van der Waals surface area contributed by atoms with Crippen molar-refractivity contribution in [1.82, 2.24) is 4.90 Å². The number of benzene rings is 3. The fraction of sp³-hybridized carbons (Fsp3) is 0.296. The average Bonchev–Trinajstić information content (AvgIpc) is 3.48. The largest absolute Gasteiger partial charge is 0.351 e. The normalized spacial score (nSPS) is 25.2. The lowest BCUT2D eigenvalue weighted by Crippen LogP contribution is -2.46. The van der Waals surface area contributed by atoms with E-state index in [1.54, 1.807) is 4.90 Å². The van der Waals surface area contributed by atoms with Crippen molar-refractivity contribution >= 4 is 5.91 Å². The molecule has 5 nitrogen and oxygen atoms in total. The topological polar surface area (TPSA) is 75.8 Å². The maximum atomic E-state index is 13.7. The van der Waals surface area contributed by atoms with Crippen molar-refractivity contribution < 1.29 is 14.6 Å². The van der Waals surface area contributed by atoms with Crippen LogP contribution in [-0.4, -0.2) is 34.5 Å². The van der Waals surface area contributed by atoms with E-state index in [0.29, 0.717) is 13.2 Å². The van der Waals surface area contributed by atoms with Crippen molar-refractivity contribution in [2.75, 3.05) is 6.61 Å². The van der Waals surface area contributed by atoms with Gasteiger partial charge in [-0.1, -0.05) is 72.8 Å². The Hall–Kier alpha value is -2.99. The van der Waals surface area contributed by atoms with Crippen molar-refractivity contribution in [3.63, 3.8) is 0 Å². The Bertz CT molecular complexity index is 1120. The molecule has 3 aromatic rings. The number of amides is 1. The number of nitrogens with zero attached hydrogens (tertiary/aromatic N) is 1. The molecular weight excluding hydrogens is 400 g/mol. The van der Waals surface area contributed by atoms with E-state index in [0.717, 1.165) is 28.7 Å². The summed E-state index contributed by atoms with van der Waals surface area (Å²) in [6, 6.07) is 26.3. The van der Waals surface area contributed by atoms with Crippen LogP contribution in [0, 0.1) is 0 Å². The summed E-state index contributed by atoms with van der Waals surface area (Å²) in [4.78, 5) is 15.3. The molecule has 0 radical (unpaired) electrons. The van der Waals surface area contributed by atoms with Crippen molar-refractivity contribution in [3.05, 3.63) is 95.6 Å². The highest BCUT2D eigenvalue weighted by molar-refractivity contribution is 5.86. The quantitative estimate of drug-likeness (QED) is 0.645. The first kappa shape index (κ1) is 20.9. The van der Waals surface area contributed by atoms with Crippen molar-refractivity contribution in [1.29, 1.82) is 0 Å². The van der Waals surface area contributed by atoms with Gasteiger partial charge in [0.1, 0.15) is 0 Å². The lowest BCUT2D eigenvalue weighted by molar-refractivity contribution is -0.167. The van der Waals surface area contributed by atoms with Crippen LogP contribution in [0.15, 0.2) is 78.9 Å². The molecule has 0 aromatic heterocycles. The summed E-state index contributed by atoms with van der Waals surface area (Å²) in [5.74, 6) is -0.386. The minimum atomic E-state index is -1.22. The van der Waals surface area contributed by atoms with Gasteiger partial charge in [0.15, 0.2) is 0 Å². The molecule has 4 atom stereocenters. The van der Waals surface area contributed by atoms with Gasteiger partial charge in [0.25, 0.3) is 0 Å². The van der Waals surface area contributed by atoms with Crippen LogP contribution < -0.4 is 5.73 Å². The zero-order valence-corrected chi connectivity index (χ0v) is 18.1. The number of hydrogen-bond donors (Lipinski definition) is 2. The van der Waals surface area contributed by atoms with E-state index in [2.05, 4.69) is 24.3 Å². The van der Waals surface area contributed by atoms with Crippen LogP contribution >= 0.6 is 0 Å². The molecule has 1 spiro atoms. The molecule has 1 aliphatic carbocycles. The first-order valence-electron chi connectivity index (χ1n) is 11.1. The van der Waals surface area contributed by atoms with Crippen LogP contribution in [-0.2, 0) is 16.1 Å². The molecule has 2 fully saturated rings. The number of aliphatic hydroxyl groups excluding tert-OH is 1. The zero-order chi connectivity index (χ0) is 22.3. The van der Waals surface area contributed by atoms with Gasteiger partial charge in [-0.2, -0.15) is 0 Å².